The molecule has 0 aliphatic carbocycles. The fourth-order valence-corrected chi connectivity index (χ4v) is 1.06. The molecule has 68 valence electrons. The Hall–Kier alpha value is 0.733. The van der Waals surface area contributed by atoms with Crippen molar-refractivity contribution in [3.63, 3.8) is 0 Å². The molecule has 12 heavy (non-hydrogen) atoms. The Morgan fingerprint density at radius 2 is 1.83 bits per heavy atom. The molecule has 0 radical (unpaired) electrons. The van der Waals surface area contributed by atoms with Gasteiger partial charge in [0, 0.05) is 0 Å². The van der Waals surface area contributed by atoms with Crippen LogP contribution in [0.3, 0.4) is 0 Å². The van der Waals surface area contributed by atoms with Gasteiger partial charge in [-0.15, -0.1) is 0 Å². The number of rotatable bonds is 6. The van der Waals surface area contributed by atoms with E-state index in [-0.39, 0.29) is 26.1 Å². The van der Waals surface area contributed by atoms with E-state index in [1.165, 1.54) is 0 Å². The van der Waals surface area contributed by atoms with E-state index in [0.29, 0.717) is 6.42 Å². The normalized spacial score (nSPS) is 10.9. The maximum atomic E-state index is 9.91. The fraction of sp³-hybridized carbons (Fsp3) is 1.00. The van der Waals surface area contributed by atoms with Crippen LogP contribution in [0.25, 0.3) is 0 Å². The Bertz CT molecular complexity index is 136. The maximum Gasteiger partial charge on any atom is 2.00 e. The van der Waals surface area contributed by atoms with Gasteiger partial charge >= 0.3 is 19.5 Å². The minimum Gasteiger partial charge on any atom is -0.790 e. The summed E-state index contributed by atoms with van der Waals surface area (Å²) >= 11 is 0. The molecule has 0 amide bonds. The summed E-state index contributed by atoms with van der Waals surface area (Å²) in [6.07, 6.45) is 3.68. The van der Waals surface area contributed by atoms with Gasteiger partial charge in [-0.25, -0.2) is 0 Å². The first-order valence-electron chi connectivity index (χ1n) is 3.73. The third-order valence-electron chi connectivity index (χ3n) is 1.25. The third-order valence-corrected chi connectivity index (χ3v) is 1.75. The average Bonchev–Trinajstić information content (AvgIpc) is 1.85. The summed E-state index contributed by atoms with van der Waals surface area (Å²) < 4.78 is 13.9. The van der Waals surface area contributed by atoms with Gasteiger partial charge in [-0.3, -0.25) is 0 Å². The van der Waals surface area contributed by atoms with Gasteiger partial charge in [-0.05, 0) is 6.42 Å². The van der Waals surface area contributed by atoms with Crippen molar-refractivity contribution in [1.29, 1.82) is 0 Å². The summed E-state index contributed by atoms with van der Waals surface area (Å²) in [5, 5.41) is 0. The topological polar surface area (TPSA) is 72.4 Å². The number of hydrogen-bond acceptors (Lipinski definition) is 4. The van der Waals surface area contributed by atoms with Gasteiger partial charge in [0.2, 0.25) is 0 Å². The van der Waals surface area contributed by atoms with E-state index in [4.69, 9.17) is 0 Å². The molecule has 0 unspecified atom stereocenters. The predicted octanol–water partition coefficient (Wildman–Crippen LogP) is 0.409. The summed E-state index contributed by atoms with van der Waals surface area (Å²) in [6, 6.07) is 0. The van der Waals surface area contributed by atoms with Crippen LogP contribution >= 0.6 is 7.82 Å². The van der Waals surface area contributed by atoms with Crippen LogP contribution in [0.15, 0.2) is 0 Å². The summed E-state index contributed by atoms with van der Waals surface area (Å²) in [5.74, 6) is 0. The monoisotopic (exact) mass is 244 g/mol. The molecule has 0 aliphatic rings. The summed E-state index contributed by atoms with van der Waals surface area (Å²) in [6.45, 7) is 2.08. The van der Waals surface area contributed by atoms with E-state index < -0.39 is 7.82 Å². The molecule has 0 aromatic carbocycles. The molecular weight excluding hydrogens is 232 g/mol. The molecule has 4 nitrogen and oxygen atoms in total. The minimum absolute atomic E-state index is 0. The van der Waals surface area contributed by atoms with Crippen molar-refractivity contribution in [2.45, 2.75) is 32.6 Å². The Labute approximate surface area is 85.7 Å². The second-order valence-corrected chi connectivity index (χ2v) is 3.49. The Balaban J connectivity index is 0. The van der Waals surface area contributed by atoms with E-state index in [0.717, 1.165) is 19.3 Å². The van der Waals surface area contributed by atoms with E-state index in [2.05, 4.69) is 4.52 Å². The number of hydrogen-bond donors (Lipinski definition) is 0. The summed E-state index contributed by atoms with van der Waals surface area (Å²) in [5.41, 5.74) is 0. The van der Waals surface area contributed by atoms with Crippen LogP contribution in [0, 0.1) is 0 Å². The van der Waals surface area contributed by atoms with Crippen molar-refractivity contribution in [3.8, 4) is 0 Å². The second kappa shape index (κ2) is 8.34. The molecular formula is C6H13O4PZn. The minimum atomic E-state index is -4.71. The van der Waals surface area contributed by atoms with Crippen LogP contribution in [-0.2, 0) is 28.6 Å². The van der Waals surface area contributed by atoms with Crippen molar-refractivity contribution in [1.82, 2.24) is 0 Å². The van der Waals surface area contributed by atoms with Crippen molar-refractivity contribution in [3.05, 3.63) is 0 Å². The molecule has 0 saturated carbocycles. The standard InChI is InChI=1S/C6H15O4P.Zn/c1-2-3-4-5-6-10-11(7,8)9;/h2-6H2,1H3,(H2,7,8,9);/q;+2/p-2. The van der Waals surface area contributed by atoms with Crippen molar-refractivity contribution >= 4 is 7.82 Å². The Morgan fingerprint density at radius 3 is 2.25 bits per heavy atom. The first-order chi connectivity index (χ1) is 5.06. The van der Waals surface area contributed by atoms with E-state index >= 15 is 0 Å². The molecule has 0 atom stereocenters. The van der Waals surface area contributed by atoms with Crippen LogP contribution in [0.2, 0.25) is 0 Å². The molecule has 0 aromatic rings. The van der Waals surface area contributed by atoms with Gasteiger partial charge in [0.1, 0.15) is 0 Å². The van der Waals surface area contributed by atoms with Gasteiger partial charge in [0.05, 0.1) is 14.4 Å². The summed E-state index contributed by atoms with van der Waals surface area (Å²) in [7, 11) is -4.71. The SMILES string of the molecule is CCCCCCOP(=O)([O-])[O-].[Zn+2]. The quantitative estimate of drug-likeness (QED) is 0.386. The zero-order chi connectivity index (χ0) is 8.74. The molecule has 0 aliphatic heterocycles. The van der Waals surface area contributed by atoms with E-state index in [1.54, 1.807) is 0 Å². The van der Waals surface area contributed by atoms with Crippen LogP contribution < -0.4 is 9.79 Å². The fourth-order valence-electron chi connectivity index (χ4n) is 0.705. The number of phosphoric ester groups is 1. The molecule has 0 fully saturated rings. The smallest absolute Gasteiger partial charge is 0.790 e. The van der Waals surface area contributed by atoms with Gasteiger partial charge < -0.3 is 18.9 Å². The zero-order valence-corrected chi connectivity index (χ0v) is 11.2. The van der Waals surface area contributed by atoms with Gasteiger partial charge in [0.15, 0.2) is 0 Å². The second-order valence-electron chi connectivity index (χ2n) is 2.34. The Kier molecular flexibility index (Phi) is 10.6. The molecule has 0 N–H and O–H groups in total. The Morgan fingerprint density at radius 1 is 1.25 bits per heavy atom. The molecule has 0 saturated heterocycles. The molecule has 0 heterocycles. The number of phosphoric acid groups is 1. The number of unbranched alkanes of at least 4 members (excludes halogenated alkanes) is 3. The van der Waals surface area contributed by atoms with Crippen LogP contribution in [0.4, 0.5) is 0 Å². The zero-order valence-electron chi connectivity index (χ0n) is 7.32. The molecule has 0 spiro atoms. The largest absolute Gasteiger partial charge is 2.00 e. The molecule has 0 rings (SSSR count). The van der Waals surface area contributed by atoms with Crippen LogP contribution in [0.1, 0.15) is 32.6 Å². The van der Waals surface area contributed by atoms with Crippen LogP contribution in [-0.4, -0.2) is 6.61 Å². The van der Waals surface area contributed by atoms with Crippen molar-refractivity contribution < 1.29 is 38.4 Å². The third kappa shape index (κ3) is 13.3. The molecule has 0 bridgehead atoms. The molecule has 0 aromatic heterocycles. The first-order valence-corrected chi connectivity index (χ1v) is 5.19. The van der Waals surface area contributed by atoms with Crippen molar-refractivity contribution in [2.75, 3.05) is 6.61 Å². The molecule has 6 heteroatoms. The predicted molar refractivity (Wildman–Crippen MR) is 37.7 cm³/mol. The van der Waals surface area contributed by atoms with Gasteiger partial charge in [-0.1, -0.05) is 26.2 Å². The maximum absolute atomic E-state index is 9.91. The van der Waals surface area contributed by atoms with E-state index in [1.807, 2.05) is 6.92 Å². The van der Waals surface area contributed by atoms with E-state index in [9.17, 15) is 14.4 Å². The first kappa shape index (κ1) is 15.2. The van der Waals surface area contributed by atoms with Gasteiger partial charge in [0.25, 0.3) is 0 Å². The summed E-state index contributed by atoms with van der Waals surface area (Å²) in [4.78, 5) is 19.8. The van der Waals surface area contributed by atoms with Crippen molar-refractivity contribution in [2.24, 2.45) is 0 Å². The van der Waals surface area contributed by atoms with Crippen LogP contribution in [0.5, 0.6) is 0 Å². The average molecular weight is 246 g/mol. The van der Waals surface area contributed by atoms with Gasteiger partial charge in [-0.2, -0.15) is 0 Å².